The maximum atomic E-state index is 12.0. The number of carboxylic acids is 2. The Morgan fingerprint density at radius 1 is 0.923 bits per heavy atom. The van der Waals surface area contributed by atoms with E-state index in [9.17, 15) is 24.0 Å². The van der Waals surface area contributed by atoms with Crippen molar-refractivity contribution < 1.29 is 34.2 Å². The van der Waals surface area contributed by atoms with Crippen LogP contribution in [0.3, 0.4) is 0 Å². The van der Waals surface area contributed by atoms with E-state index in [2.05, 4.69) is 16.0 Å². The van der Waals surface area contributed by atoms with Crippen LogP contribution in [0.1, 0.15) is 33.1 Å². The van der Waals surface area contributed by atoms with E-state index in [1.54, 1.807) is 0 Å². The van der Waals surface area contributed by atoms with Gasteiger partial charge < -0.3 is 31.9 Å². The first-order valence-electron chi connectivity index (χ1n) is 8.06. The van der Waals surface area contributed by atoms with E-state index < -0.39 is 54.8 Å². The van der Waals surface area contributed by atoms with Crippen molar-refractivity contribution in [2.45, 2.75) is 45.2 Å². The number of rotatable bonds is 12. The van der Waals surface area contributed by atoms with Gasteiger partial charge in [0.05, 0.1) is 12.6 Å². The highest BCUT2D eigenvalue weighted by Crippen LogP contribution is 2.05. The lowest BCUT2D eigenvalue weighted by Gasteiger charge is -2.20. The molecule has 7 N–H and O–H groups in total. The normalized spacial score (nSPS) is 12.8. The highest BCUT2D eigenvalue weighted by molar-refractivity contribution is 5.92. The molecule has 0 aliphatic rings. The molecule has 2 atom stereocenters. The number of hydrogen-bond donors (Lipinski definition) is 6. The van der Waals surface area contributed by atoms with Crippen LogP contribution in [0, 0.1) is 5.92 Å². The summed E-state index contributed by atoms with van der Waals surface area (Å²) >= 11 is 0. The van der Waals surface area contributed by atoms with Crippen molar-refractivity contribution >= 4 is 29.7 Å². The first-order valence-corrected chi connectivity index (χ1v) is 8.06. The third-order valence-electron chi connectivity index (χ3n) is 3.20. The van der Waals surface area contributed by atoms with Crippen LogP contribution >= 0.6 is 0 Å². The van der Waals surface area contributed by atoms with E-state index in [4.69, 9.17) is 15.9 Å². The van der Waals surface area contributed by atoms with Crippen LogP contribution in [-0.2, 0) is 24.0 Å². The second kappa shape index (κ2) is 11.8. The van der Waals surface area contributed by atoms with Crippen LogP contribution in [0.4, 0.5) is 0 Å². The van der Waals surface area contributed by atoms with Gasteiger partial charge in [0.15, 0.2) is 0 Å². The molecule has 0 aromatic rings. The highest BCUT2D eigenvalue weighted by atomic mass is 16.4. The number of aliphatic carboxylic acids is 2. The molecular weight excluding hydrogens is 348 g/mol. The highest BCUT2D eigenvalue weighted by Gasteiger charge is 2.23. The third kappa shape index (κ3) is 11.0. The summed E-state index contributed by atoms with van der Waals surface area (Å²) in [5.74, 6) is -4.23. The lowest BCUT2D eigenvalue weighted by atomic mass is 10.0. The third-order valence-corrected chi connectivity index (χ3v) is 3.20. The van der Waals surface area contributed by atoms with Gasteiger partial charge in [0, 0.05) is 6.42 Å². The molecule has 0 saturated heterocycles. The molecular formula is C15H26N4O7. The molecule has 0 heterocycles. The quantitative estimate of drug-likeness (QED) is 0.227. The Hall–Kier alpha value is -2.69. The average molecular weight is 374 g/mol. The first-order chi connectivity index (χ1) is 12.0. The number of hydrogen-bond acceptors (Lipinski definition) is 6. The minimum atomic E-state index is -1.21. The number of amides is 3. The van der Waals surface area contributed by atoms with Crippen LogP contribution in [0.5, 0.6) is 0 Å². The number of carboxylic acid groups (broad SMARTS) is 2. The van der Waals surface area contributed by atoms with Gasteiger partial charge in [-0.1, -0.05) is 13.8 Å². The number of nitrogens with two attached hydrogens (primary N) is 1. The second-order valence-corrected chi connectivity index (χ2v) is 6.12. The lowest BCUT2D eigenvalue weighted by Crippen LogP contribution is -2.51. The molecule has 11 heteroatoms. The first kappa shape index (κ1) is 23.3. The summed E-state index contributed by atoms with van der Waals surface area (Å²) in [5.41, 5.74) is 5.51. The van der Waals surface area contributed by atoms with Crippen molar-refractivity contribution in [3.8, 4) is 0 Å². The zero-order valence-corrected chi connectivity index (χ0v) is 14.8. The maximum absolute atomic E-state index is 12.0. The molecule has 0 saturated carbocycles. The van der Waals surface area contributed by atoms with Crippen molar-refractivity contribution in [3.05, 3.63) is 0 Å². The molecule has 0 radical (unpaired) electrons. The number of nitrogens with one attached hydrogen (secondary N) is 3. The molecule has 26 heavy (non-hydrogen) atoms. The fourth-order valence-electron chi connectivity index (χ4n) is 1.94. The summed E-state index contributed by atoms with van der Waals surface area (Å²) in [6.45, 7) is 2.64. The summed E-state index contributed by atoms with van der Waals surface area (Å²) < 4.78 is 0. The SMILES string of the molecule is CC(C)CC(NC(=O)CNC(=O)C(N)CCC(=O)O)C(=O)NCC(=O)O. The summed E-state index contributed by atoms with van der Waals surface area (Å²) in [7, 11) is 0. The van der Waals surface area contributed by atoms with Gasteiger partial charge in [0.2, 0.25) is 17.7 Å². The standard InChI is InChI=1S/C15H26N4O7/c1-8(2)5-10(15(26)18-7-13(23)24)19-11(20)6-17-14(25)9(16)3-4-12(21)22/h8-10H,3-7,16H2,1-2H3,(H,17,25)(H,18,26)(H,19,20)(H,21,22)(H,23,24). The summed E-state index contributed by atoms with van der Waals surface area (Å²) in [6, 6.07) is -2.01. The van der Waals surface area contributed by atoms with E-state index in [0.29, 0.717) is 0 Å². The van der Waals surface area contributed by atoms with Crippen LogP contribution in [0.25, 0.3) is 0 Å². The molecule has 11 nitrogen and oxygen atoms in total. The van der Waals surface area contributed by atoms with E-state index in [-0.39, 0.29) is 25.2 Å². The van der Waals surface area contributed by atoms with Crippen LogP contribution in [0.2, 0.25) is 0 Å². The lowest BCUT2D eigenvalue weighted by molar-refractivity contribution is -0.139. The summed E-state index contributed by atoms with van der Waals surface area (Å²) in [5, 5.41) is 24.0. The van der Waals surface area contributed by atoms with Crippen molar-refractivity contribution in [1.82, 2.24) is 16.0 Å². The molecule has 0 rings (SSSR count). The van der Waals surface area contributed by atoms with E-state index in [0.717, 1.165) is 0 Å². The van der Waals surface area contributed by atoms with Crippen LogP contribution in [-0.4, -0.2) is 65.0 Å². The fourth-order valence-corrected chi connectivity index (χ4v) is 1.94. The van der Waals surface area contributed by atoms with E-state index >= 15 is 0 Å². The number of carbonyl (C=O) groups excluding carboxylic acids is 3. The van der Waals surface area contributed by atoms with Crippen molar-refractivity contribution in [1.29, 1.82) is 0 Å². The summed E-state index contributed by atoms with van der Waals surface area (Å²) in [4.78, 5) is 56.5. The van der Waals surface area contributed by atoms with Gasteiger partial charge in [-0.05, 0) is 18.8 Å². The second-order valence-electron chi connectivity index (χ2n) is 6.12. The molecule has 2 unspecified atom stereocenters. The van der Waals surface area contributed by atoms with Crippen molar-refractivity contribution in [2.75, 3.05) is 13.1 Å². The van der Waals surface area contributed by atoms with E-state index in [1.807, 2.05) is 13.8 Å². The molecule has 0 aliphatic carbocycles. The Morgan fingerprint density at radius 2 is 1.50 bits per heavy atom. The molecule has 0 spiro atoms. The van der Waals surface area contributed by atoms with Crippen LogP contribution < -0.4 is 21.7 Å². The zero-order chi connectivity index (χ0) is 20.3. The minimum absolute atomic E-state index is 0.0508. The van der Waals surface area contributed by atoms with Gasteiger partial charge in [-0.15, -0.1) is 0 Å². The molecule has 3 amide bonds. The molecule has 0 fully saturated rings. The van der Waals surface area contributed by atoms with E-state index in [1.165, 1.54) is 0 Å². The van der Waals surface area contributed by atoms with Gasteiger partial charge in [-0.2, -0.15) is 0 Å². The number of carbonyl (C=O) groups is 5. The predicted octanol–water partition coefficient (Wildman–Crippen LogP) is -1.97. The Morgan fingerprint density at radius 3 is 2.00 bits per heavy atom. The van der Waals surface area contributed by atoms with Crippen LogP contribution in [0.15, 0.2) is 0 Å². The predicted molar refractivity (Wildman–Crippen MR) is 89.9 cm³/mol. The smallest absolute Gasteiger partial charge is 0.322 e. The molecule has 0 aromatic heterocycles. The van der Waals surface area contributed by atoms with Gasteiger partial charge in [0.1, 0.15) is 12.6 Å². The van der Waals surface area contributed by atoms with Crippen molar-refractivity contribution in [2.24, 2.45) is 11.7 Å². The van der Waals surface area contributed by atoms with Crippen molar-refractivity contribution in [3.63, 3.8) is 0 Å². The monoisotopic (exact) mass is 374 g/mol. The maximum Gasteiger partial charge on any atom is 0.322 e. The molecule has 0 aliphatic heterocycles. The van der Waals surface area contributed by atoms with Gasteiger partial charge >= 0.3 is 11.9 Å². The topological polar surface area (TPSA) is 188 Å². The Kier molecular flexibility index (Phi) is 10.6. The minimum Gasteiger partial charge on any atom is -0.481 e. The molecule has 148 valence electrons. The molecule has 0 bridgehead atoms. The van der Waals surface area contributed by atoms with Gasteiger partial charge in [0.25, 0.3) is 0 Å². The van der Waals surface area contributed by atoms with Gasteiger partial charge in [-0.3, -0.25) is 24.0 Å². The average Bonchev–Trinajstić information content (AvgIpc) is 2.54. The Balaban J connectivity index is 4.51. The zero-order valence-electron chi connectivity index (χ0n) is 14.8. The fraction of sp³-hybridized carbons (Fsp3) is 0.667. The molecule has 0 aromatic carbocycles. The Bertz CT molecular complexity index is 536. The summed E-state index contributed by atoms with van der Waals surface area (Å²) in [6.07, 6.45) is -0.0688. The largest absolute Gasteiger partial charge is 0.481 e. The van der Waals surface area contributed by atoms with Gasteiger partial charge in [-0.25, -0.2) is 0 Å². The Labute approximate surface area is 150 Å².